The van der Waals surface area contributed by atoms with E-state index in [1.165, 1.54) is 18.3 Å². The third-order valence-corrected chi connectivity index (χ3v) is 7.06. The predicted molar refractivity (Wildman–Crippen MR) is 151 cm³/mol. The van der Waals surface area contributed by atoms with Gasteiger partial charge in [-0.05, 0) is 69.5 Å². The first-order chi connectivity index (χ1) is 19.0. The number of carbonyl (C=O) groups excluding carboxylic acids is 1. The van der Waals surface area contributed by atoms with Crippen LogP contribution in [0.5, 0.6) is 0 Å². The summed E-state index contributed by atoms with van der Waals surface area (Å²) in [5, 5.41) is 17.4. The van der Waals surface area contributed by atoms with Crippen molar-refractivity contribution in [3.8, 4) is 22.4 Å². The quantitative estimate of drug-likeness (QED) is 0.214. The van der Waals surface area contributed by atoms with Crippen LogP contribution in [0.2, 0.25) is 5.02 Å². The lowest BCUT2D eigenvalue weighted by atomic mass is 9.98. The van der Waals surface area contributed by atoms with Crippen molar-refractivity contribution in [2.75, 3.05) is 18.4 Å². The Morgan fingerprint density at radius 1 is 1.07 bits per heavy atom. The van der Waals surface area contributed by atoms with Gasteiger partial charge in [-0.25, -0.2) is 18.6 Å². The average molecular weight is 567 g/mol. The Labute approximate surface area is 235 Å². The molecule has 1 aliphatic rings. The Morgan fingerprint density at radius 3 is 2.48 bits per heavy atom. The van der Waals surface area contributed by atoms with Gasteiger partial charge in [-0.3, -0.25) is 0 Å². The Bertz CT molecular complexity index is 1580. The van der Waals surface area contributed by atoms with Crippen LogP contribution in [-0.2, 0) is 4.74 Å². The van der Waals surface area contributed by atoms with Crippen LogP contribution in [0.3, 0.4) is 0 Å². The summed E-state index contributed by atoms with van der Waals surface area (Å²) in [6.45, 7) is 6.47. The molecule has 2 aromatic heterocycles. The zero-order chi connectivity index (χ0) is 28.6. The number of ether oxygens (including phenoxy) is 1. The van der Waals surface area contributed by atoms with Crippen molar-refractivity contribution < 1.29 is 23.0 Å². The fraction of sp³-hybridized carbons (Fsp3) is 0.300. The van der Waals surface area contributed by atoms with E-state index in [9.17, 15) is 14.4 Å². The van der Waals surface area contributed by atoms with Gasteiger partial charge in [0.1, 0.15) is 28.6 Å². The highest BCUT2D eigenvalue weighted by Crippen LogP contribution is 2.37. The lowest BCUT2D eigenvalue weighted by molar-refractivity contribution is -0.592. The van der Waals surface area contributed by atoms with Gasteiger partial charge in [0.2, 0.25) is 0 Å². The maximum Gasteiger partial charge on any atom is 0.410 e. The number of rotatable bonds is 4. The molecule has 0 saturated carbocycles. The summed E-state index contributed by atoms with van der Waals surface area (Å²) >= 11 is 6.47. The molecular weight excluding hydrogens is 538 g/mol. The van der Waals surface area contributed by atoms with Crippen molar-refractivity contribution in [1.29, 1.82) is 0 Å². The molecule has 0 aliphatic carbocycles. The second kappa shape index (κ2) is 10.9. The van der Waals surface area contributed by atoms with Crippen LogP contribution in [0, 0.1) is 16.8 Å². The van der Waals surface area contributed by atoms with Gasteiger partial charge in [-0.1, -0.05) is 23.7 Å². The Morgan fingerprint density at radius 2 is 1.80 bits per heavy atom. The van der Waals surface area contributed by atoms with Crippen molar-refractivity contribution in [2.45, 2.75) is 45.3 Å². The van der Waals surface area contributed by atoms with E-state index in [0.717, 1.165) is 6.07 Å². The van der Waals surface area contributed by atoms with Crippen LogP contribution in [0.25, 0.3) is 33.3 Å². The molecule has 7 nitrogen and oxygen atoms in total. The number of nitrogens with one attached hydrogen (secondary N) is 1. The number of carbonyl (C=O) groups is 1. The first kappa shape index (κ1) is 27.6. The monoisotopic (exact) mass is 566 g/mol. The number of piperidine rings is 1. The average Bonchev–Trinajstić information content (AvgIpc) is 2.88. The van der Waals surface area contributed by atoms with Gasteiger partial charge >= 0.3 is 6.09 Å². The predicted octanol–water partition coefficient (Wildman–Crippen LogP) is 6.95. The van der Waals surface area contributed by atoms with E-state index in [1.807, 2.05) is 20.8 Å². The van der Waals surface area contributed by atoms with Gasteiger partial charge in [0.25, 0.3) is 5.69 Å². The molecule has 1 N–H and O–H groups in total. The first-order valence-corrected chi connectivity index (χ1v) is 13.4. The fourth-order valence-electron chi connectivity index (χ4n) is 4.87. The normalized spacial score (nSPS) is 14.4. The molecule has 1 aliphatic heterocycles. The second-order valence-electron chi connectivity index (χ2n) is 10.8. The molecule has 5 rings (SSSR count). The van der Waals surface area contributed by atoms with Crippen LogP contribution in [0.4, 0.5) is 19.4 Å². The molecule has 0 radical (unpaired) electrons. The minimum Gasteiger partial charge on any atom is -0.618 e. The first-order valence-electron chi connectivity index (χ1n) is 13.0. The number of amides is 1. The van der Waals surface area contributed by atoms with E-state index in [2.05, 4.69) is 5.32 Å². The Hall–Kier alpha value is -3.98. The van der Waals surface area contributed by atoms with E-state index in [1.54, 1.807) is 41.3 Å². The van der Waals surface area contributed by atoms with Crippen LogP contribution < -0.4 is 10.0 Å². The van der Waals surface area contributed by atoms with Crippen molar-refractivity contribution in [1.82, 2.24) is 9.88 Å². The minimum absolute atomic E-state index is 0.0404. The summed E-state index contributed by atoms with van der Waals surface area (Å²) in [4.78, 5) is 18.9. The van der Waals surface area contributed by atoms with E-state index < -0.39 is 17.2 Å². The largest absolute Gasteiger partial charge is 0.618 e. The third kappa shape index (κ3) is 5.79. The van der Waals surface area contributed by atoms with Crippen molar-refractivity contribution in [3.63, 3.8) is 0 Å². The Balaban J connectivity index is 1.55. The number of benzene rings is 2. The molecule has 0 atom stereocenters. The molecular formula is C30H29ClF2N4O3. The SMILES string of the molecule is CC(C)(C)OC(=O)N1CCC(Nc2cc(-c3ccc(F)cc3F)c3cc[n+]([O-])c(-c4ccccc4Cl)c3n2)CC1. The highest BCUT2D eigenvalue weighted by atomic mass is 35.5. The molecule has 0 bridgehead atoms. The molecule has 0 unspecified atom stereocenters. The fourth-order valence-corrected chi connectivity index (χ4v) is 5.10. The summed E-state index contributed by atoms with van der Waals surface area (Å²) in [6, 6.07) is 13.5. The molecule has 208 valence electrons. The highest BCUT2D eigenvalue weighted by Gasteiger charge is 2.28. The summed E-state index contributed by atoms with van der Waals surface area (Å²) in [7, 11) is 0. The van der Waals surface area contributed by atoms with Gasteiger partial charge in [0.15, 0.2) is 6.20 Å². The highest BCUT2D eigenvalue weighted by molar-refractivity contribution is 6.33. The number of nitrogens with zero attached hydrogens (tertiary/aromatic N) is 3. The van der Waals surface area contributed by atoms with Gasteiger partial charge in [0, 0.05) is 42.2 Å². The molecule has 4 aromatic rings. The van der Waals surface area contributed by atoms with Crippen LogP contribution >= 0.6 is 11.6 Å². The van der Waals surface area contributed by atoms with Crippen LogP contribution in [-0.4, -0.2) is 40.7 Å². The molecule has 40 heavy (non-hydrogen) atoms. The van der Waals surface area contributed by atoms with Gasteiger partial charge in [0.05, 0.1) is 10.6 Å². The smallest absolute Gasteiger partial charge is 0.410 e. The van der Waals surface area contributed by atoms with Crippen LogP contribution in [0.15, 0.2) is 60.8 Å². The van der Waals surface area contributed by atoms with E-state index in [4.69, 9.17) is 21.3 Å². The molecule has 0 spiro atoms. The summed E-state index contributed by atoms with van der Waals surface area (Å²) in [5.74, 6) is -1.01. The number of pyridine rings is 2. The summed E-state index contributed by atoms with van der Waals surface area (Å²) < 4.78 is 35.0. The van der Waals surface area contributed by atoms with Crippen molar-refractivity contribution >= 4 is 34.4 Å². The van der Waals surface area contributed by atoms with Crippen LogP contribution in [0.1, 0.15) is 33.6 Å². The number of fused-ring (bicyclic) bond motifs is 1. The third-order valence-electron chi connectivity index (χ3n) is 6.73. The van der Waals surface area contributed by atoms with Crippen molar-refractivity contribution in [2.24, 2.45) is 0 Å². The number of hydrogen-bond donors (Lipinski definition) is 1. The topological polar surface area (TPSA) is 81.4 Å². The minimum atomic E-state index is -0.734. The maximum atomic E-state index is 15.0. The molecule has 10 heteroatoms. The number of halogens is 3. The second-order valence-corrected chi connectivity index (χ2v) is 11.2. The Kier molecular flexibility index (Phi) is 7.51. The van der Waals surface area contributed by atoms with Gasteiger partial charge in [-0.2, -0.15) is 4.73 Å². The number of hydrogen-bond acceptors (Lipinski definition) is 5. The lowest BCUT2D eigenvalue weighted by Gasteiger charge is -2.34. The molecule has 2 aromatic carbocycles. The zero-order valence-corrected chi connectivity index (χ0v) is 23.1. The maximum absolute atomic E-state index is 15.0. The number of aromatic nitrogens is 2. The molecule has 1 saturated heterocycles. The molecule has 1 amide bonds. The number of anilines is 1. The number of likely N-dealkylation sites (tertiary alicyclic amines) is 1. The van der Waals surface area contributed by atoms with Crippen molar-refractivity contribution in [3.05, 3.63) is 82.7 Å². The van der Waals surface area contributed by atoms with E-state index in [-0.39, 0.29) is 23.4 Å². The van der Waals surface area contributed by atoms with E-state index in [0.29, 0.717) is 63.5 Å². The van der Waals surface area contributed by atoms with Gasteiger partial charge < -0.3 is 20.2 Å². The lowest BCUT2D eigenvalue weighted by Crippen LogP contribution is -2.44. The zero-order valence-electron chi connectivity index (χ0n) is 22.4. The van der Waals surface area contributed by atoms with Gasteiger partial charge in [-0.15, -0.1) is 0 Å². The molecule has 3 heterocycles. The summed E-state index contributed by atoms with van der Waals surface area (Å²) in [6.07, 6.45) is 2.24. The summed E-state index contributed by atoms with van der Waals surface area (Å²) in [5.41, 5.74) is 1.06. The van der Waals surface area contributed by atoms with E-state index >= 15 is 4.39 Å². The molecule has 1 fully saturated rings. The standard InChI is InChI=1S/C30H29ClF2N4O3/c1-30(2,3)40-29(38)36-13-10-19(11-14-36)34-26-17-23(20-9-8-18(32)16-25(20)33)21-12-15-37(39)28(27(21)35-26)22-6-4-5-7-24(22)31/h4-9,12,15-17,19H,10-11,13-14H2,1-3H3,(H,34,35).